The Morgan fingerprint density at radius 2 is 2.16 bits per heavy atom. The maximum absolute atomic E-state index is 13.0. The number of hydrogen-bond acceptors (Lipinski definition) is 4. The summed E-state index contributed by atoms with van der Waals surface area (Å²) in [5.41, 5.74) is 2.75. The third-order valence-electron chi connectivity index (χ3n) is 4.57. The molecule has 0 fully saturated rings. The number of aromatic nitrogens is 2. The van der Waals surface area contributed by atoms with Crippen molar-refractivity contribution in [3.63, 3.8) is 0 Å². The zero-order chi connectivity index (χ0) is 17.6. The highest BCUT2D eigenvalue weighted by molar-refractivity contribution is 7.85. The average molecular weight is 379 g/mol. The molecule has 3 heterocycles. The van der Waals surface area contributed by atoms with Gasteiger partial charge in [-0.15, -0.1) is 0 Å². The first-order valence-corrected chi connectivity index (χ1v) is 9.74. The van der Waals surface area contributed by atoms with Gasteiger partial charge in [0.25, 0.3) is 0 Å². The third kappa shape index (κ3) is 2.78. The molecule has 0 aliphatic carbocycles. The number of ether oxygens (including phenoxy) is 1. The molecule has 2 N–H and O–H groups in total. The minimum absolute atomic E-state index is 0.265. The number of halogens is 1. The standard InChI is InChI=1S/C17H16ClN3O3S/c1-24-12-3-2-4-13(8-12)25(22,23)21-6-5-16-15(10-21)14-7-11(18)9-19-17(14)20-16/h2-4,7-9H,5-6,10H2,1H3,(H,19,20)/p+1. The summed E-state index contributed by atoms with van der Waals surface area (Å²) in [6, 6.07) is 8.42. The number of quaternary nitrogens is 1. The van der Waals surface area contributed by atoms with Gasteiger partial charge < -0.3 is 9.72 Å². The van der Waals surface area contributed by atoms with E-state index < -0.39 is 10.0 Å². The Kier molecular flexibility index (Phi) is 3.94. The number of sulfonamides is 1. The molecule has 3 aromatic rings. The maximum atomic E-state index is 13.0. The Morgan fingerprint density at radius 1 is 1.32 bits per heavy atom. The fourth-order valence-corrected chi connectivity index (χ4v) is 5.00. The van der Waals surface area contributed by atoms with E-state index in [-0.39, 0.29) is 4.90 Å². The van der Waals surface area contributed by atoms with Crippen molar-refractivity contribution < 1.29 is 17.5 Å². The molecule has 4 rings (SSSR count). The minimum Gasteiger partial charge on any atom is -0.497 e. The normalized spacial score (nSPS) is 17.4. The van der Waals surface area contributed by atoms with E-state index in [1.54, 1.807) is 30.5 Å². The van der Waals surface area contributed by atoms with Gasteiger partial charge in [-0.1, -0.05) is 17.7 Å². The smallest absolute Gasteiger partial charge is 0.326 e. The van der Waals surface area contributed by atoms with Gasteiger partial charge in [0.2, 0.25) is 0 Å². The lowest BCUT2D eigenvalue weighted by molar-refractivity contribution is -0.785. The van der Waals surface area contributed by atoms with Crippen LogP contribution in [0.5, 0.6) is 5.75 Å². The van der Waals surface area contributed by atoms with E-state index in [0.717, 1.165) is 22.3 Å². The second-order valence-electron chi connectivity index (χ2n) is 6.03. The number of benzene rings is 1. The molecule has 0 radical (unpaired) electrons. The third-order valence-corrected chi connectivity index (χ3v) is 6.76. The number of pyridine rings is 1. The quantitative estimate of drug-likeness (QED) is 0.725. The van der Waals surface area contributed by atoms with Gasteiger partial charge in [0, 0.05) is 35.3 Å². The number of fused-ring (bicyclic) bond motifs is 3. The van der Waals surface area contributed by atoms with Gasteiger partial charge in [0.1, 0.15) is 22.8 Å². The number of hydrogen-bond donors (Lipinski definition) is 2. The van der Waals surface area contributed by atoms with E-state index in [1.807, 2.05) is 6.07 Å². The summed E-state index contributed by atoms with van der Waals surface area (Å²) < 4.78 is 31.8. The van der Waals surface area contributed by atoms with Crippen molar-refractivity contribution in [3.8, 4) is 5.75 Å². The SMILES string of the molecule is COc1cccc(S(=O)(=O)[NH+]2CCc3[nH]c4ncc(Cl)cc4c3C2)c1. The molecule has 1 aliphatic rings. The second kappa shape index (κ2) is 6.01. The summed E-state index contributed by atoms with van der Waals surface area (Å²) in [5.74, 6) is 0.529. The minimum atomic E-state index is -3.52. The fourth-order valence-electron chi connectivity index (χ4n) is 3.28. The molecular weight excluding hydrogens is 362 g/mol. The summed E-state index contributed by atoms with van der Waals surface area (Å²) in [6.07, 6.45) is 2.23. The van der Waals surface area contributed by atoms with E-state index in [2.05, 4.69) is 9.97 Å². The fraction of sp³-hybridized carbons (Fsp3) is 0.235. The Balaban J connectivity index is 1.74. The molecule has 1 aromatic carbocycles. The highest BCUT2D eigenvalue weighted by Crippen LogP contribution is 2.25. The van der Waals surface area contributed by atoms with Crippen molar-refractivity contribution in [1.29, 1.82) is 0 Å². The van der Waals surface area contributed by atoms with E-state index in [4.69, 9.17) is 16.3 Å². The van der Waals surface area contributed by atoms with Crippen LogP contribution in [0.1, 0.15) is 11.3 Å². The van der Waals surface area contributed by atoms with E-state index in [0.29, 0.717) is 34.6 Å². The van der Waals surface area contributed by atoms with Gasteiger partial charge >= 0.3 is 10.0 Å². The average Bonchev–Trinajstić information content (AvgIpc) is 2.99. The number of nitrogens with zero attached hydrogens (tertiary/aromatic N) is 1. The van der Waals surface area contributed by atoms with E-state index >= 15 is 0 Å². The predicted molar refractivity (Wildman–Crippen MR) is 94.5 cm³/mol. The summed E-state index contributed by atoms with van der Waals surface area (Å²) >= 11 is 6.06. The molecule has 25 heavy (non-hydrogen) atoms. The zero-order valence-electron chi connectivity index (χ0n) is 13.5. The molecule has 1 unspecified atom stereocenters. The van der Waals surface area contributed by atoms with Crippen LogP contribution in [0, 0.1) is 0 Å². The first-order valence-electron chi connectivity index (χ1n) is 7.88. The monoisotopic (exact) mass is 378 g/mol. The van der Waals surface area contributed by atoms with Crippen molar-refractivity contribution in [2.24, 2.45) is 0 Å². The second-order valence-corrected chi connectivity index (χ2v) is 8.52. The highest BCUT2D eigenvalue weighted by atomic mass is 35.5. The van der Waals surface area contributed by atoms with E-state index in [9.17, 15) is 8.42 Å². The molecule has 0 saturated carbocycles. The molecule has 1 aliphatic heterocycles. The van der Waals surface area contributed by atoms with Crippen LogP contribution >= 0.6 is 11.6 Å². The van der Waals surface area contributed by atoms with Gasteiger partial charge in [-0.25, -0.2) is 9.29 Å². The molecule has 8 heteroatoms. The van der Waals surface area contributed by atoms with Crippen LogP contribution in [-0.2, 0) is 23.0 Å². The van der Waals surface area contributed by atoms with Crippen molar-refractivity contribution in [3.05, 3.63) is 52.8 Å². The Labute approximate surface area is 150 Å². The van der Waals surface area contributed by atoms with Gasteiger partial charge in [-0.05, 0) is 18.2 Å². The first kappa shape index (κ1) is 16.4. The molecule has 130 valence electrons. The van der Waals surface area contributed by atoms with Crippen LogP contribution < -0.4 is 9.04 Å². The molecule has 6 nitrogen and oxygen atoms in total. The maximum Gasteiger partial charge on any atom is 0.326 e. The van der Waals surface area contributed by atoms with Crippen molar-refractivity contribution >= 4 is 32.7 Å². The number of aromatic amines is 1. The summed E-state index contributed by atoms with van der Waals surface area (Å²) in [5, 5.41) is 1.43. The summed E-state index contributed by atoms with van der Waals surface area (Å²) in [4.78, 5) is 7.83. The molecule has 0 bridgehead atoms. The van der Waals surface area contributed by atoms with Crippen molar-refractivity contribution in [1.82, 2.24) is 9.97 Å². The van der Waals surface area contributed by atoms with Gasteiger partial charge in [0.05, 0.1) is 18.7 Å². The van der Waals surface area contributed by atoms with Crippen LogP contribution in [-0.4, -0.2) is 32.0 Å². The zero-order valence-corrected chi connectivity index (χ0v) is 15.1. The Morgan fingerprint density at radius 3 is 2.96 bits per heavy atom. The lowest BCUT2D eigenvalue weighted by Gasteiger charge is -2.23. The van der Waals surface area contributed by atoms with Gasteiger partial charge in [-0.2, -0.15) is 8.42 Å². The Hall–Kier alpha value is -2.09. The van der Waals surface area contributed by atoms with Gasteiger partial charge in [-0.3, -0.25) is 0 Å². The van der Waals surface area contributed by atoms with E-state index in [1.165, 1.54) is 7.11 Å². The van der Waals surface area contributed by atoms with Crippen LogP contribution in [0.3, 0.4) is 0 Å². The topological polar surface area (TPSA) is 76.5 Å². The van der Waals surface area contributed by atoms with Crippen LogP contribution in [0.25, 0.3) is 11.0 Å². The lowest BCUT2D eigenvalue weighted by Crippen LogP contribution is -3.13. The van der Waals surface area contributed by atoms with Crippen LogP contribution in [0.4, 0.5) is 0 Å². The molecule has 2 aromatic heterocycles. The molecule has 0 saturated heterocycles. The van der Waals surface area contributed by atoms with Crippen LogP contribution in [0.2, 0.25) is 5.02 Å². The number of nitrogens with one attached hydrogen (secondary N) is 2. The highest BCUT2D eigenvalue weighted by Gasteiger charge is 2.34. The van der Waals surface area contributed by atoms with Crippen molar-refractivity contribution in [2.75, 3.05) is 13.7 Å². The molecular formula is C17H17ClN3O3S+. The molecule has 1 atom stereocenters. The number of H-pyrrole nitrogens is 1. The van der Waals surface area contributed by atoms with Crippen molar-refractivity contribution in [2.45, 2.75) is 17.9 Å². The summed E-state index contributed by atoms with van der Waals surface area (Å²) in [7, 11) is -2.00. The van der Waals surface area contributed by atoms with Gasteiger partial charge in [0.15, 0.2) is 0 Å². The van der Waals surface area contributed by atoms with Crippen LogP contribution in [0.15, 0.2) is 41.4 Å². The largest absolute Gasteiger partial charge is 0.497 e. The molecule has 0 spiro atoms. The predicted octanol–water partition coefficient (Wildman–Crippen LogP) is 1.55. The Bertz CT molecular complexity index is 1060. The first-order chi connectivity index (χ1) is 12.0. The molecule has 0 amide bonds. The number of rotatable bonds is 3. The lowest BCUT2D eigenvalue weighted by atomic mass is 10.1. The number of methoxy groups -OCH3 is 1. The summed E-state index contributed by atoms with van der Waals surface area (Å²) in [6.45, 7) is 0.865.